The fraction of sp³-hybridized carbons (Fsp3) is 0.300. The van der Waals surface area contributed by atoms with Gasteiger partial charge in [0.2, 0.25) is 5.91 Å². The Bertz CT molecular complexity index is 944. The maximum Gasteiger partial charge on any atom is 0.227 e. The number of hydrogen-bond acceptors (Lipinski definition) is 3. The molecular formula is C20H21FN4O. The number of amides is 1. The van der Waals surface area contributed by atoms with Crippen molar-refractivity contribution in [1.82, 2.24) is 14.5 Å². The molecule has 3 heterocycles. The number of nitrogens with zero attached hydrogens (tertiary/aromatic N) is 4. The van der Waals surface area contributed by atoms with Crippen LogP contribution in [0, 0.1) is 5.82 Å². The Hall–Kier alpha value is -2.89. The van der Waals surface area contributed by atoms with E-state index in [1.165, 1.54) is 6.07 Å². The molecule has 0 unspecified atom stereocenters. The highest BCUT2D eigenvalue weighted by Crippen LogP contribution is 2.22. The number of fused-ring (bicyclic) bond motifs is 1. The van der Waals surface area contributed by atoms with Crippen LogP contribution >= 0.6 is 0 Å². The number of benzene rings is 1. The molecule has 0 bridgehead atoms. The predicted molar refractivity (Wildman–Crippen MR) is 99.6 cm³/mol. The summed E-state index contributed by atoms with van der Waals surface area (Å²) in [5.74, 6) is -0.106. The van der Waals surface area contributed by atoms with Gasteiger partial charge in [-0.3, -0.25) is 4.79 Å². The van der Waals surface area contributed by atoms with Crippen LogP contribution in [0.15, 0.2) is 48.8 Å². The molecule has 1 aliphatic heterocycles. The Kier molecular flexibility index (Phi) is 4.32. The number of carbonyl (C=O) groups excluding carboxylic acids is 1. The number of rotatable bonds is 3. The van der Waals surface area contributed by atoms with Crippen LogP contribution in [0.2, 0.25) is 0 Å². The highest BCUT2D eigenvalue weighted by atomic mass is 19.1. The molecule has 3 aromatic rings. The van der Waals surface area contributed by atoms with Gasteiger partial charge in [0.1, 0.15) is 11.5 Å². The van der Waals surface area contributed by atoms with Gasteiger partial charge in [-0.1, -0.05) is 12.1 Å². The number of carbonyl (C=O) groups is 1. The summed E-state index contributed by atoms with van der Waals surface area (Å²) in [5, 5.41) is 1.02. The summed E-state index contributed by atoms with van der Waals surface area (Å²) in [4.78, 5) is 21.0. The van der Waals surface area contributed by atoms with Gasteiger partial charge < -0.3 is 14.4 Å². The zero-order valence-corrected chi connectivity index (χ0v) is 14.7. The normalized spacial score (nSPS) is 14.8. The van der Waals surface area contributed by atoms with Gasteiger partial charge in [-0.2, -0.15) is 0 Å². The molecule has 0 saturated carbocycles. The zero-order valence-electron chi connectivity index (χ0n) is 14.7. The van der Waals surface area contributed by atoms with Crippen LogP contribution < -0.4 is 4.90 Å². The minimum Gasteiger partial charge on any atom is -0.366 e. The molecule has 2 aromatic heterocycles. The standard InChI is InChI=1S/C20H21FN4O/c1-23-14-15(16-5-4-8-22-20(16)23)13-19(26)25-11-9-24(10-12-25)18-7-3-2-6-17(18)21/h2-8,14H,9-13H2,1H3. The Morgan fingerprint density at radius 1 is 1.12 bits per heavy atom. The van der Waals surface area contributed by atoms with E-state index in [0.717, 1.165) is 16.6 Å². The number of hydrogen-bond donors (Lipinski definition) is 0. The third-order valence-corrected chi connectivity index (χ3v) is 4.98. The highest BCUT2D eigenvalue weighted by Gasteiger charge is 2.23. The van der Waals surface area contributed by atoms with E-state index >= 15 is 0 Å². The fourth-order valence-corrected chi connectivity index (χ4v) is 3.61. The third kappa shape index (κ3) is 3.03. The van der Waals surface area contributed by atoms with Crippen LogP contribution in [0.5, 0.6) is 0 Å². The summed E-state index contributed by atoms with van der Waals surface area (Å²) in [6, 6.07) is 10.7. The first-order valence-electron chi connectivity index (χ1n) is 8.79. The molecule has 4 rings (SSSR count). The van der Waals surface area contributed by atoms with Crippen molar-refractivity contribution in [3.8, 4) is 0 Å². The van der Waals surface area contributed by atoms with Gasteiger partial charge in [0.25, 0.3) is 0 Å². The van der Waals surface area contributed by atoms with Gasteiger partial charge in [-0.25, -0.2) is 9.37 Å². The lowest BCUT2D eigenvalue weighted by Gasteiger charge is -2.36. The number of aryl methyl sites for hydroxylation is 1. The van der Waals surface area contributed by atoms with Crippen molar-refractivity contribution in [2.45, 2.75) is 6.42 Å². The maximum atomic E-state index is 13.9. The first-order valence-corrected chi connectivity index (χ1v) is 8.79. The van der Waals surface area contributed by atoms with Crippen LogP contribution in [0.4, 0.5) is 10.1 Å². The maximum absolute atomic E-state index is 13.9. The molecule has 1 amide bonds. The quantitative estimate of drug-likeness (QED) is 0.728. The second kappa shape index (κ2) is 6.78. The van der Waals surface area contributed by atoms with E-state index in [4.69, 9.17) is 0 Å². The van der Waals surface area contributed by atoms with Crippen molar-refractivity contribution in [3.05, 3.63) is 60.2 Å². The molecule has 1 fully saturated rings. The fourth-order valence-electron chi connectivity index (χ4n) is 3.61. The average Bonchev–Trinajstić information content (AvgIpc) is 2.98. The highest BCUT2D eigenvalue weighted by molar-refractivity contribution is 5.87. The SMILES string of the molecule is Cn1cc(CC(=O)N2CCN(c3ccccc3F)CC2)c2cccnc21. The zero-order chi connectivity index (χ0) is 18.1. The molecule has 0 atom stereocenters. The van der Waals surface area contributed by atoms with Crippen molar-refractivity contribution in [3.63, 3.8) is 0 Å². The van der Waals surface area contributed by atoms with E-state index in [2.05, 4.69) is 4.98 Å². The van der Waals surface area contributed by atoms with E-state index in [1.54, 1.807) is 18.3 Å². The number of piperazine rings is 1. The van der Waals surface area contributed by atoms with Gasteiger partial charge in [-0.15, -0.1) is 0 Å². The first-order chi connectivity index (χ1) is 12.6. The largest absolute Gasteiger partial charge is 0.366 e. The third-order valence-electron chi connectivity index (χ3n) is 4.98. The molecule has 1 saturated heterocycles. The van der Waals surface area contributed by atoms with Gasteiger partial charge >= 0.3 is 0 Å². The van der Waals surface area contributed by atoms with Crippen molar-refractivity contribution < 1.29 is 9.18 Å². The number of halogens is 1. The molecule has 6 heteroatoms. The smallest absolute Gasteiger partial charge is 0.227 e. The number of para-hydroxylation sites is 1. The Morgan fingerprint density at radius 2 is 1.88 bits per heavy atom. The van der Waals surface area contributed by atoms with Crippen LogP contribution in [0.25, 0.3) is 11.0 Å². The van der Waals surface area contributed by atoms with Crippen LogP contribution in [0.3, 0.4) is 0 Å². The minimum absolute atomic E-state index is 0.106. The summed E-state index contributed by atoms with van der Waals surface area (Å²) < 4.78 is 15.9. The Balaban J connectivity index is 1.43. The molecule has 0 aliphatic carbocycles. The predicted octanol–water partition coefficient (Wildman–Crippen LogP) is 2.60. The van der Waals surface area contributed by atoms with E-state index in [1.807, 2.05) is 45.8 Å². The molecule has 1 aliphatic rings. The van der Waals surface area contributed by atoms with Crippen molar-refractivity contribution in [2.24, 2.45) is 7.05 Å². The number of anilines is 1. The molecule has 26 heavy (non-hydrogen) atoms. The molecule has 5 nitrogen and oxygen atoms in total. The van der Waals surface area contributed by atoms with E-state index in [0.29, 0.717) is 38.3 Å². The molecule has 0 radical (unpaired) electrons. The van der Waals surface area contributed by atoms with Gasteiger partial charge in [-0.05, 0) is 29.8 Å². The monoisotopic (exact) mass is 352 g/mol. The van der Waals surface area contributed by atoms with Crippen molar-refractivity contribution >= 4 is 22.6 Å². The van der Waals surface area contributed by atoms with E-state index in [9.17, 15) is 9.18 Å². The molecule has 0 N–H and O–H groups in total. The van der Waals surface area contributed by atoms with E-state index in [-0.39, 0.29) is 11.7 Å². The molecular weight excluding hydrogens is 331 g/mol. The minimum atomic E-state index is -0.212. The van der Waals surface area contributed by atoms with Gasteiger partial charge in [0, 0.05) is 51.0 Å². The van der Waals surface area contributed by atoms with Crippen molar-refractivity contribution in [2.75, 3.05) is 31.1 Å². The molecule has 0 spiro atoms. The lowest BCUT2D eigenvalue weighted by Crippen LogP contribution is -2.49. The molecule has 1 aromatic carbocycles. The van der Waals surface area contributed by atoms with Crippen LogP contribution in [-0.2, 0) is 18.3 Å². The summed E-state index contributed by atoms with van der Waals surface area (Å²) in [5.41, 5.74) is 2.50. The Morgan fingerprint density at radius 3 is 2.65 bits per heavy atom. The second-order valence-corrected chi connectivity index (χ2v) is 6.64. The molecule has 134 valence electrons. The summed E-state index contributed by atoms with van der Waals surface area (Å²) in [6.07, 6.45) is 4.10. The second-order valence-electron chi connectivity index (χ2n) is 6.64. The van der Waals surface area contributed by atoms with Gasteiger partial charge in [0.05, 0.1) is 12.1 Å². The average molecular weight is 352 g/mol. The summed E-state index contributed by atoms with van der Waals surface area (Å²) in [6.45, 7) is 2.50. The lowest BCUT2D eigenvalue weighted by molar-refractivity contribution is -0.130. The van der Waals surface area contributed by atoms with Crippen LogP contribution in [-0.4, -0.2) is 46.5 Å². The summed E-state index contributed by atoms with van der Waals surface area (Å²) in [7, 11) is 1.94. The Labute approximate surface area is 151 Å². The number of aromatic nitrogens is 2. The first kappa shape index (κ1) is 16.6. The lowest BCUT2D eigenvalue weighted by atomic mass is 10.1. The van der Waals surface area contributed by atoms with Crippen molar-refractivity contribution in [1.29, 1.82) is 0 Å². The van der Waals surface area contributed by atoms with Gasteiger partial charge in [0.15, 0.2) is 0 Å². The topological polar surface area (TPSA) is 41.4 Å². The van der Waals surface area contributed by atoms with E-state index < -0.39 is 0 Å². The summed E-state index contributed by atoms with van der Waals surface area (Å²) >= 11 is 0. The van der Waals surface area contributed by atoms with Crippen LogP contribution in [0.1, 0.15) is 5.56 Å². The number of pyridine rings is 1.